The summed E-state index contributed by atoms with van der Waals surface area (Å²) in [6.07, 6.45) is 5.31. The molecule has 0 unspecified atom stereocenters. The van der Waals surface area contributed by atoms with Crippen LogP contribution in [0, 0.1) is 13.8 Å². The van der Waals surface area contributed by atoms with E-state index >= 15 is 0 Å². The fourth-order valence-electron chi connectivity index (χ4n) is 2.85. The number of aromatic nitrogens is 2. The van der Waals surface area contributed by atoms with E-state index in [1.807, 2.05) is 6.92 Å². The van der Waals surface area contributed by atoms with Crippen molar-refractivity contribution in [1.29, 1.82) is 0 Å². The summed E-state index contributed by atoms with van der Waals surface area (Å²) in [7, 11) is 4.26. The highest BCUT2D eigenvalue weighted by Gasteiger charge is 2.24. The molecule has 0 bridgehead atoms. The van der Waals surface area contributed by atoms with Crippen LogP contribution in [0.5, 0.6) is 0 Å². The predicted octanol–water partition coefficient (Wildman–Crippen LogP) is 2.40. The van der Waals surface area contributed by atoms with E-state index in [0.29, 0.717) is 6.04 Å². The van der Waals surface area contributed by atoms with Crippen LogP contribution in [-0.4, -0.2) is 48.1 Å². The minimum absolute atomic E-state index is 0.661. The highest BCUT2D eigenvalue weighted by atomic mass is 15.2. The molecular formula is C15H26N4. The largest absolute Gasteiger partial charge is 0.352 e. The Balaban J connectivity index is 2.19. The lowest BCUT2D eigenvalue weighted by atomic mass is 10.2. The number of rotatable bonds is 5. The van der Waals surface area contributed by atoms with E-state index < -0.39 is 0 Å². The molecule has 106 valence electrons. The zero-order valence-electron chi connectivity index (χ0n) is 12.7. The van der Waals surface area contributed by atoms with Crippen molar-refractivity contribution in [3.63, 3.8) is 0 Å². The molecular weight excluding hydrogens is 236 g/mol. The minimum atomic E-state index is 0.661. The van der Waals surface area contributed by atoms with Crippen LogP contribution < -0.4 is 4.90 Å². The van der Waals surface area contributed by atoms with Gasteiger partial charge in [0, 0.05) is 30.9 Å². The van der Waals surface area contributed by atoms with Crippen LogP contribution in [-0.2, 0) is 0 Å². The molecule has 1 saturated carbocycles. The van der Waals surface area contributed by atoms with E-state index in [4.69, 9.17) is 0 Å². The van der Waals surface area contributed by atoms with Gasteiger partial charge in [0.25, 0.3) is 0 Å². The fourth-order valence-corrected chi connectivity index (χ4v) is 2.85. The third-order valence-electron chi connectivity index (χ3n) is 3.80. The Labute approximate surface area is 116 Å². The molecule has 1 fully saturated rings. The molecule has 0 atom stereocenters. The zero-order valence-corrected chi connectivity index (χ0v) is 12.7. The number of hydrogen-bond donors (Lipinski definition) is 0. The quantitative estimate of drug-likeness (QED) is 0.815. The highest BCUT2D eigenvalue weighted by Crippen LogP contribution is 2.27. The fraction of sp³-hybridized carbons (Fsp3) is 0.733. The van der Waals surface area contributed by atoms with E-state index in [0.717, 1.165) is 30.4 Å². The summed E-state index contributed by atoms with van der Waals surface area (Å²) in [6.45, 7) is 6.15. The maximum atomic E-state index is 4.65. The molecule has 0 saturated heterocycles. The Kier molecular flexibility index (Phi) is 4.75. The van der Waals surface area contributed by atoms with Crippen molar-refractivity contribution in [1.82, 2.24) is 14.9 Å². The van der Waals surface area contributed by atoms with Crippen molar-refractivity contribution in [2.75, 3.05) is 32.1 Å². The van der Waals surface area contributed by atoms with E-state index in [2.05, 4.69) is 46.9 Å². The van der Waals surface area contributed by atoms with Crippen molar-refractivity contribution in [2.45, 2.75) is 45.6 Å². The van der Waals surface area contributed by atoms with Crippen LogP contribution in [0.15, 0.2) is 6.07 Å². The standard InChI is InChI=1S/C15H26N4/c1-12-11-15(17-13(2)16-12)19(10-9-18(3)4)14-7-5-6-8-14/h11,14H,5-10H2,1-4H3. The first-order valence-corrected chi connectivity index (χ1v) is 7.30. The van der Waals surface area contributed by atoms with Gasteiger partial charge >= 0.3 is 0 Å². The second kappa shape index (κ2) is 6.33. The van der Waals surface area contributed by atoms with Crippen molar-refractivity contribution < 1.29 is 0 Å². The summed E-state index contributed by atoms with van der Waals surface area (Å²) in [5, 5.41) is 0. The summed E-state index contributed by atoms with van der Waals surface area (Å²) in [4.78, 5) is 13.8. The normalized spacial score (nSPS) is 16.3. The minimum Gasteiger partial charge on any atom is -0.352 e. The van der Waals surface area contributed by atoms with Gasteiger partial charge in [0.1, 0.15) is 11.6 Å². The molecule has 1 aromatic rings. The summed E-state index contributed by atoms with van der Waals surface area (Å²) in [5.74, 6) is 1.99. The average Bonchev–Trinajstić information content (AvgIpc) is 2.81. The SMILES string of the molecule is Cc1cc(N(CCN(C)C)C2CCCC2)nc(C)n1. The molecule has 4 nitrogen and oxygen atoms in total. The van der Waals surface area contributed by atoms with Crippen LogP contribution in [0.2, 0.25) is 0 Å². The van der Waals surface area contributed by atoms with Crippen LogP contribution in [0.4, 0.5) is 5.82 Å². The van der Waals surface area contributed by atoms with Crippen molar-refractivity contribution >= 4 is 5.82 Å². The molecule has 4 heteroatoms. The topological polar surface area (TPSA) is 32.3 Å². The Morgan fingerprint density at radius 1 is 1.11 bits per heavy atom. The third kappa shape index (κ3) is 3.90. The van der Waals surface area contributed by atoms with Gasteiger partial charge in [0.15, 0.2) is 0 Å². The van der Waals surface area contributed by atoms with E-state index in [1.54, 1.807) is 0 Å². The lowest BCUT2D eigenvalue weighted by Crippen LogP contribution is -2.39. The van der Waals surface area contributed by atoms with Crippen LogP contribution in [0.25, 0.3) is 0 Å². The lowest BCUT2D eigenvalue weighted by molar-refractivity contribution is 0.403. The summed E-state index contributed by atoms with van der Waals surface area (Å²) < 4.78 is 0. The number of nitrogens with zero attached hydrogens (tertiary/aromatic N) is 4. The van der Waals surface area contributed by atoms with Gasteiger partial charge in [-0.1, -0.05) is 12.8 Å². The van der Waals surface area contributed by atoms with Gasteiger partial charge in [0.2, 0.25) is 0 Å². The van der Waals surface area contributed by atoms with E-state index in [1.165, 1.54) is 25.7 Å². The highest BCUT2D eigenvalue weighted by molar-refractivity contribution is 5.41. The van der Waals surface area contributed by atoms with Crippen LogP contribution in [0.1, 0.15) is 37.2 Å². The molecule has 0 spiro atoms. The molecule has 0 aromatic carbocycles. The molecule has 19 heavy (non-hydrogen) atoms. The van der Waals surface area contributed by atoms with Crippen molar-refractivity contribution in [3.05, 3.63) is 17.6 Å². The molecule has 1 aromatic heterocycles. The van der Waals surface area contributed by atoms with Gasteiger partial charge in [0.05, 0.1) is 0 Å². The van der Waals surface area contributed by atoms with Crippen molar-refractivity contribution in [3.8, 4) is 0 Å². The monoisotopic (exact) mass is 262 g/mol. The molecule has 2 rings (SSSR count). The van der Waals surface area contributed by atoms with Gasteiger partial charge in [-0.2, -0.15) is 0 Å². The maximum Gasteiger partial charge on any atom is 0.132 e. The maximum absolute atomic E-state index is 4.65. The van der Waals surface area contributed by atoms with Gasteiger partial charge in [-0.3, -0.25) is 0 Å². The predicted molar refractivity (Wildman–Crippen MR) is 79.7 cm³/mol. The first-order chi connectivity index (χ1) is 9.06. The Morgan fingerprint density at radius 2 is 1.79 bits per heavy atom. The number of likely N-dealkylation sites (N-methyl/N-ethyl adjacent to an activating group) is 1. The second-order valence-corrected chi connectivity index (χ2v) is 5.85. The molecule has 0 radical (unpaired) electrons. The van der Waals surface area contributed by atoms with Gasteiger partial charge in [-0.25, -0.2) is 9.97 Å². The molecule has 0 amide bonds. The molecule has 0 N–H and O–H groups in total. The lowest BCUT2D eigenvalue weighted by Gasteiger charge is -2.31. The van der Waals surface area contributed by atoms with Gasteiger partial charge in [-0.05, 0) is 40.8 Å². The Bertz CT molecular complexity index is 390. The molecule has 1 heterocycles. The van der Waals surface area contributed by atoms with Crippen molar-refractivity contribution in [2.24, 2.45) is 0 Å². The van der Waals surface area contributed by atoms with E-state index in [-0.39, 0.29) is 0 Å². The summed E-state index contributed by atoms with van der Waals surface area (Å²) >= 11 is 0. The third-order valence-corrected chi connectivity index (χ3v) is 3.80. The van der Waals surface area contributed by atoms with Crippen LogP contribution in [0.3, 0.4) is 0 Å². The van der Waals surface area contributed by atoms with E-state index in [9.17, 15) is 0 Å². The molecule has 1 aliphatic rings. The van der Waals surface area contributed by atoms with Gasteiger partial charge in [-0.15, -0.1) is 0 Å². The summed E-state index contributed by atoms with van der Waals surface area (Å²) in [5.41, 5.74) is 1.07. The summed E-state index contributed by atoms with van der Waals surface area (Å²) in [6, 6.07) is 2.79. The first-order valence-electron chi connectivity index (χ1n) is 7.30. The van der Waals surface area contributed by atoms with Gasteiger partial charge < -0.3 is 9.80 Å². The number of anilines is 1. The smallest absolute Gasteiger partial charge is 0.132 e. The average molecular weight is 262 g/mol. The zero-order chi connectivity index (χ0) is 13.8. The molecule has 1 aliphatic carbocycles. The Hall–Kier alpha value is -1.16. The first kappa shape index (κ1) is 14.3. The van der Waals surface area contributed by atoms with Crippen LogP contribution >= 0.6 is 0 Å². The number of aryl methyl sites for hydroxylation is 2. The molecule has 0 aliphatic heterocycles. The second-order valence-electron chi connectivity index (χ2n) is 5.85. The Morgan fingerprint density at radius 3 is 2.37 bits per heavy atom. The number of hydrogen-bond acceptors (Lipinski definition) is 4.